The predicted octanol–water partition coefficient (Wildman–Crippen LogP) is 6.65. The molecule has 0 saturated carbocycles. The molecule has 25 heavy (non-hydrogen) atoms. The second-order valence-electron chi connectivity index (χ2n) is 6.45. The Morgan fingerprint density at radius 1 is 0.840 bits per heavy atom. The lowest BCUT2D eigenvalue weighted by Crippen LogP contribution is -2.06. The average molecular weight is 399 g/mol. The van der Waals surface area contributed by atoms with Crippen LogP contribution in [0.4, 0.5) is 0 Å². The minimum Gasteiger partial charge on any atom is -0.337 e. The van der Waals surface area contributed by atoms with Crippen molar-refractivity contribution < 1.29 is 9.79 Å². The van der Waals surface area contributed by atoms with Crippen LogP contribution in [-0.4, -0.2) is 9.79 Å². The van der Waals surface area contributed by atoms with E-state index >= 15 is 0 Å². The van der Waals surface area contributed by atoms with Gasteiger partial charge in [-0.2, -0.15) is 0 Å². The average Bonchev–Trinajstić information content (AvgIpc) is 2.60. The Morgan fingerprint density at radius 3 is 1.52 bits per heavy atom. The normalized spacial score (nSPS) is 15.6. The zero-order valence-electron chi connectivity index (χ0n) is 15.3. The van der Waals surface area contributed by atoms with Crippen LogP contribution in [0.3, 0.4) is 0 Å². The maximum atomic E-state index is 10.6. The molecule has 0 aliphatic carbocycles. The molecule has 0 amide bonds. The number of hydrogen-bond donors (Lipinski definition) is 2. The number of hydrogen-bond acceptors (Lipinski definition) is 0. The summed E-state index contributed by atoms with van der Waals surface area (Å²) >= 11 is 6.24. The molecule has 2 unspecified atom stereocenters. The summed E-state index contributed by atoms with van der Waals surface area (Å²) in [6.45, 7) is 8.63. The monoisotopic (exact) mass is 398 g/mol. The van der Waals surface area contributed by atoms with E-state index in [9.17, 15) is 9.79 Å². The van der Waals surface area contributed by atoms with Gasteiger partial charge < -0.3 is 9.79 Å². The second kappa shape index (κ2) is 8.88. The number of rotatable bonds is 6. The third-order valence-electron chi connectivity index (χ3n) is 4.77. The van der Waals surface area contributed by atoms with E-state index in [0.29, 0.717) is 11.8 Å². The van der Waals surface area contributed by atoms with Gasteiger partial charge in [0.2, 0.25) is 5.84 Å². The van der Waals surface area contributed by atoms with Crippen molar-refractivity contribution in [2.75, 3.05) is 0 Å². The smallest absolute Gasteiger partial charge is 0.244 e. The molecule has 5 heteroatoms. The highest BCUT2D eigenvalue weighted by Gasteiger charge is 2.24. The first-order chi connectivity index (χ1) is 11.8. The molecule has 0 spiro atoms. The van der Waals surface area contributed by atoms with Gasteiger partial charge in [0.1, 0.15) is 0 Å². The van der Waals surface area contributed by atoms with Gasteiger partial charge in [-0.1, -0.05) is 74.2 Å². The molecule has 0 aromatic heterocycles. The molecule has 0 radical (unpaired) electrons. The van der Waals surface area contributed by atoms with Crippen LogP contribution in [-0.2, 0) is 10.1 Å². The fourth-order valence-electron chi connectivity index (χ4n) is 2.94. The van der Waals surface area contributed by atoms with Crippen LogP contribution in [0.25, 0.3) is 0 Å². The molecule has 2 N–H and O–H groups in total. The van der Waals surface area contributed by atoms with Crippen LogP contribution < -0.4 is 0 Å². The minimum atomic E-state index is -3.62. The lowest BCUT2D eigenvalue weighted by molar-refractivity contribution is 0.499. The van der Waals surface area contributed by atoms with Crippen molar-refractivity contribution in [3.05, 3.63) is 59.7 Å². The van der Waals surface area contributed by atoms with E-state index in [1.807, 2.05) is 36.4 Å². The van der Waals surface area contributed by atoms with Gasteiger partial charge in [-0.25, -0.2) is 0 Å². The van der Waals surface area contributed by atoms with E-state index < -0.39 is 15.9 Å². The van der Waals surface area contributed by atoms with Crippen molar-refractivity contribution in [1.29, 1.82) is 0 Å². The number of halogens is 1. The summed E-state index contributed by atoms with van der Waals surface area (Å²) in [5.41, 5.74) is 2.31. The molecule has 0 aliphatic rings. The first-order valence-electron chi connectivity index (χ1n) is 8.78. The van der Waals surface area contributed by atoms with E-state index in [1.165, 1.54) is 0 Å². The van der Waals surface area contributed by atoms with Crippen molar-refractivity contribution in [3.63, 3.8) is 0 Å². The van der Waals surface area contributed by atoms with Crippen molar-refractivity contribution in [2.45, 2.75) is 62.2 Å². The Labute approximate surface area is 158 Å². The summed E-state index contributed by atoms with van der Waals surface area (Å²) in [5.74, 6) is -2.95. The zero-order valence-corrected chi connectivity index (χ0v) is 17.8. The molecular formula is C20H28ClO2PS. The maximum absolute atomic E-state index is 10.6. The van der Waals surface area contributed by atoms with Gasteiger partial charge >= 0.3 is 0 Å². The quantitative estimate of drug-likeness (QED) is 0.534. The molecule has 0 saturated heterocycles. The van der Waals surface area contributed by atoms with Crippen molar-refractivity contribution in [3.8, 4) is 0 Å². The topological polar surface area (TPSA) is 40.5 Å². The van der Waals surface area contributed by atoms with Gasteiger partial charge in [-0.3, -0.25) is 0 Å². The van der Waals surface area contributed by atoms with E-state index in [1.54, 1.807) is 0 Å². The van der Waals surface area contributed by atoms with E-state index in [4.69, 9.17) is 11.2 Å². The van der Waals surface area contributed by atoms with Gasteiger partial charge in [-0.15, -0.1) is 0 Å². The van der Waals surface area contributed by atoms with Crippen molar-refractivity contribution in [2.24, 2.45) is 0 Å². The summed E-state index contributed by atoms with van der Waals surface area (Å²) in [6, 6.07) is 16.1. The third kappa shape index (κ3) is 4.78. The summed E-state index contributed by atoms with van der Waals surface area (Å²) in [7, 11) is -0.948. The summed E-state index contributed by atoms with van der Waals surface area (Å²) in [6.07, 6.45) is 1.98. The van der Waals surface area contributed by atoms with E-state index in [-0.39, 0.29) is 0 Å². The Kier molecular flexibility index (Phi) is 7.37. The standard InChI is InChI=1S/C20H28ClO2PS/c1-5-15(3)17-11-7-9-13-19(17)25(24(21,22)23)20-14-10-8-12-18(20)16(4)6-2/h7-16,22-23H,5-6H2,1-4H3. The molecule has 2 aromatic carbocycles. The van der Waals surface area contributed by atoms with Gasteiger partial charge in [-0.05, 0) is 59.2 Å². The van der Waals surface area contributed by atoms with Crippen LogP contribution in [0.15, 0.2) is 58.3 Å². The molecule has 138 valence electrons. The van der Waals surface area contributed by atoms with Gasteiger partial charge in [0.05, 0.1) is 0 Å². The SMILES string of the molecule is CCC(C)c1ccccc1S(c1ccccc1C(C)CC)=P(O)(O)Cl. The number of benzene rings is 2. The van der Waals surface area contributed by atoms with Crippen LogP contribution in [0.1, 0.15) is 63.5 Å². The Bertz CT molecular complexity index is 721. The first-order valence-corrected chi connectivity index (χ1v) is 13.2. The molecule has 0 aliphatic heterocycles. The zero-order chi connectivity index (χ0) is 18.6. The summed E-state index contributed by atoms with van der Waals surface area (Å²) in [5, 5.41) is 0. The molecule has 0 bridgehead atoms. The third-order valence-corrected chi connectivity index (χ3v) is 10.6. The largest absolute Gasteiger partial charge is 0.337 e. The molecule has 2 nitrogen and oxygen atoms in total. The lowest BCUT2D eigenvalue weighted by Gasteiger charge is -2.24. The molecule has 2 atom stereocenters. The fourth-order valence-corrected chi connectivity index (χ4v) is 8.91. The van der Waals surface area contributed by atoms with Gasteiger partial charge in [0.15, 0.2) is 0 Å². The highest BCUT2D eigenvalue weighted by atomic mass is 35.7. The van der Waals surface area contributed by atoms with Gasteiger partial charge in [0.25, 0.3) is 0 Å². The van der Waals surface area contributed by atoms with Gasteiger partial charge in [0, 0.05) is 9.79 Å². The summed E-state index contributed by atoms with van der Waals surface area (Å²) < 4.78 is 0. The van der Waals surface area contributed by atoms with Crippen LogP contribution in [0.5, 0.6) is 0 Å². The summed E-state index contributed by atoms with van der Waals surface area (Å²) in [4.78, 5) is 23.1. The Hall–Kier alpha value is -0.570. The van der Waals surface area contributed by atoms with Crippen LogP contribution >= 0.6 is 17.1 Å². The van der Waals surface area contributed by atoms with E-state index in [2.05, 4.69) is 39.8 Å². The second-order valence-corrected chi connectivity index (χ2v) is 13.5. The first kappa shape index (κ1) is 20.7. The Balaban J connectivity index is 2.81. The van der Waals surface area contributed by atoms with Crippen LogP contribution in [0.2, 0.25) is 0 Å². The molecule has 0 heterocycles. The molecule has 2 aromatic rings. The fraction of sp³-hybridized carbons (Fsp3) is 0.400. The highest BCUT2D eigenvalue weighted by Crippen LogP contribution is 2.54. The van der Waals surface area contributed by atoms with Crippen molar-refractivity contribution >= 4 is 27.2 Å². The molecule has 0 fully saturated rings. The Morgan fingerprint density at radius 2 is 1.20 bits per heavy atom. The minimum absolute atomic E-state index is 0.338. The van der Waals surface area contributed by atoms with Crippen LogP contribution in [0, 0.1) is 0 Å². The highest BCUT2D eigenvalue weighted by molar-refractivity contribution is 8.37. The maximum Gasteiger partial charge on any atom is 0.244 e. The predicted molar refractivity (Wildman–Crippen MR) is 111 cm³/mol. The van der Waals surface area contributed by atoms with E-state index in [0.717, 1.165) is 33.8 Å². The van der Waals surface area contributed by atoms with Crippen molar-refractivity contribution in [1.82, 2.24) is 0 Å². The molecular weight excluding hydrogens is 371 g/mol. The lowest BCUT2D eigenvalue weighted by atomic mass is 9.99. The molecule has 2 rings (SSSR count).